The van der Waals surface area contributed by atoms with Crippen LogP contribution < -0.4 is 5.32 Å². The van der Waals surface area contributed by atoms with E-state index in [4.69, 9.17) is 4.74 Å². The Bertz CT molecular complexity index is 604. The standard InChI is InChI=1S/C13H15N3O2/c1-2-13(17)14-9-3-4-11-10(7-9)15-12-8-18-6-5-16(11)12/h3-4,7H,2,5-6,8H2,1H3,(H,14,17). The van der Waals surface area contributed by atoms with Gasteiger partial charge in [-0.1, -0.05) is 6.92 Å². The highest BCUT2D eigenvalue weighted by Crippen LogP contribution is 2.22. The van der Waals surface area contributed by atoms with Crippen molar-refractivity contribution < 1.29 is 9.53 Å². The third kappa shape index (κ3) is 1.86. The second-order valence-electron chi connectivity index (χ2n) is 4.34. The van der Waals surface area contributed by atoms with E-state index in [-0.39, 0.29) is 5.91 Å². The van der Waals surface area contributed by atoms with Crippen LogP contribution in [0.3, 0.4) is 0 Å². The number of hydrogen-bond acceptors (Lipinski definition) is 3. The number of ether oxygens (including phenoxy) is 1. The van der Waals surface area contributed by atoms with Gasteiger partial charge >= 0.3 is 0 Å². The fourth-order valence-corrected chi connectivity index (χ4v) is 2.19. The van der Waals surface area contributed by atoms with Gasteiger partial charge in [-0.25, -0.2) is 4.98 Å². The van der Waals surface area contributed by atoms with Crippen LogP contribution in [-0.4, -0.2) is 22.1 Å². The lowest BCUT2D eigenvalue weighted by atomic mass is 10.2. The number of carbonyl (C=O) groups is 1. The Morgan fingerprint density at radius 1 is 1.56 bits per heavy atom. The van der Waals surface area contributed by atoms with E-state index < -0.39 is 0 Å². The van der Waals surface area contributed by atoms with Gasteiger partial charge in [-0.15, -0.1) is 0 Å². The van der Waals surface area contributed by atoms with Gasteiger partial charge in [0.25, 0.3) is 0 Å². The summed E-state index contributed by atoms with van der Waals surface area (Å²) in [6, 6.07) is 5.83. The molecule has 0 saturated carbocycles. The van der Waals surface area contributed by atoms with Gasteiger partial charge in [0.2, 0.25) is 5.91 Å². The van der Waals surface area contributed by atoms with Gasteiger partial charge in [0.05, 0.1) is 17.6 Å². The average Bonchev–Trinajstić information content (AvgIpc) is 2.76. The van der Waals surface area contributed by atoms with E-state index in [1.807, 2.05) is 25.1 Å². The number of nitrogens with one attached hydrogen (secondary N) is 1. The van der Waals surface area contributed by atoms with E-state index in [1.54, 1.807) is 0 Å². The molecule has 2 aromatic rings. The number of rotatable bonds is 2. The zero-order valence-corrected chi connectivity index (χ0v) is 10.3. The lowest BCUT2D eigenvalue weighted by Crippen LogP contribution is -2.16. The predicted octanol–water partition coefficient (Wildman–Crippen LogP) is 1.92. The topological polar surface area (TPSA) is 56.2 Å². The summed E-state index contributed by atoms with van der Waals surface area (Å²) >= 11 is 0. The fraction of sp³-hybridized carbons (Fsp3) is 0.385. The highest BCUT2D eigenvalue weighted by molar-refractivity contribution is 5.92. The zero-order valence-electron chi connectivity index (χ0n) is 10.3. The number of benzene rings is 1. The van der Waals surface area contributed by atoms with Crippen LogP contribution in [0.5, 0.6) is 0 Å². The van der Waals surface area contributed by atoms with Crippen LogP contribution in [0.1, 0.15) is 19.2 Å². The van der Waals surface area contributed by atoms with E-state index in [0.29, 0.717) is 13.0 Å². The Balaban J connectivity index is 2.00. The van der Waals surface area contributed by atoms with Gasteiger partial charge in [0.15, 0.2) is 0 Å². The summed E-state index contributed by atoms with van der Waals surface area (Å²) in [6.07, 6.45) is 0.478. The SMILES string of the molecule is CCC(=O)Nc1ccc2c(c1)nc1n2CCOC1. The third-order valence-corrected chi connectivity index (χ3v) is 3.12. The minimum absolute atomic E-state index is 0.0154. The number of anilines is 1. The molecule has 0 fully saturated rings. The van der Waals surface area contributed by atoms with Crippen molar-refractivity contribution in [2.45, 2.75) is 26.5 Å². The molecule has 1 aliphatic rings. The quantitative estimate of drug-likeness (QED) is 0.879. The van der Waals surface area contributed by atoms with Crippen molar-refractivity contribution >= 4 is 22.6 Å². The Morgan fingerprint density at radius 3 is 3.28 bits per heavy atom. The molecule has 1 aromatic carbocycles. The molecule has 0 aliphatic carbocycles. The van der Waals surface area contributed by atoms with Gasteiger partial charge in [-0.05, 0) is 18.2 Å². The zero-order chi connectivity index (χ0) is 12.5. The third-order valence-electron chi connectivity index (χ3n) is 3.12. The first-order valence-corrected chi connectivity index (χ1v) is 6.14. The maximum absolute atomic E-state index is 11.4. The number of aromatic nitrogens is 2. The number of imidazole rings is 1. The van der Waals surface area contributed by atoms with Gasteiger partial charge in [0.1, 0.15) is 12.4 Å². The second-order valence-corrected chi connectivity index (χ2v) is 4.34. The molecule has 0 unspecified atom stereocenters. The molecule has 0 saturated heterocycles. The number of hydrogen-bond donors (Lipinski definition) is 1. The minimum atomic E-state index is 0.0154. The van der Waals surface area contributed by atoms with E-state index in [9.17, 15) is 4.79 Å². The highest BCUT2D eigenvalue weighted by Gasteiger charge is 2.15. The van der Waals surface area contributed by atoms with Crippen molar-refractivity contribution in [3.8, 4) is 0 Å². The summed E-state index contributed by atoms with van der Waals surface area (Å²) in [4.78, 5) is 15.9. The summed E-state index contributed by atoms with van der Waals surface area (Å²) in [6.45, 7) is 3.96. The minimum Gasteiger partial charge on any atom is -0.372 e. The molecule has 0 radical (unpaired) electrons. The highest BCUT2D eigenvalue weighted by atomic mass is 16.5. The molecule has 1 N–H and O–H groups in total. The molecule has 0 atom stereocenters. The van der Waals surface area contributed by atoms with Gasteiger partial charge < -0.3 is 14.6 Å². The number of amides is 1. The molecule has 18 heavy (non-hydrogen) atoms. The van der Waals surface area contributed by atoms with Crippen molar-refractivity contribution in [1.82, 2.24) is 9.55 Å². The summed E-state index contributed by atoms with van der Waals surface area (Å²) in [5.41, 5.74) is 2.80. The molecule has 5 heteroatoms. The number of carbonyl (C=O) groups excluding carboxylic acids is 1. The number of nitrogens with zero attached hydrogens (tertiary/aromatic N) is 2. The first-order valence-electron chi connectivity index (χ1n) is 6.14. The Kier molecular flexibility index (Phi) is 2.76. The Morgan fingerprint density at radius 2 is 2.44 bits per heavy atom. The second kappa shape index (κ2) is 4.42. The summed E-state index contributed by atoms with van der Waals surface area (Å²) in [7, 11) is 0. The smallest absolute Gasteiger partial charge is 0.224 e. The van der Waals surface area contributed by atoms with Crippen LogP contribution in [-0.2, 0) is 22.7 Å². The maximum atomic E-state index is 11.4. The van der Waals surface area contributed by atoms with Gasteiger partial charge in [-0.2, -0.15) is 0 Å². The molecule has 0 spiro atoms. The Hall–Kier alpha value is -1.88. The van der Waals surface area contributed by atoms with Gasteiger partial charge in [-0.3, -0.25) is 4.79 Å². The molecule has 94 valence electrons. The summed E-state index contributed by atoms with van der Waals surface area (Å²) < 4.78 is 7.56. The van der Waals surface area contributed by atoms with Crippen LogP contribution in [0, 0.1) is 0 Å². The lowest BCUT2D eigenvalue weighted by Gasteiger charge is -2.14. The monoisotopic (exact) mass is 245 g/mol. The van der Waals surface area contributed by atoms with Crippen molar-refractivity contribution in [1.29, 1.82) is 0 Å². The summed E-state index contributed by atoms with van der Waals surface area (Å²) in [5.74, 6) is 0.969. The van der Waals surface area contributed by atoms with Crippen molar-refractivity contribution in [2.75, 3.05) is 11.9 Å². The first-order chi connectivity index (χ1) is 8.78. The van der Waals surface area contributed by atoms with Crippen LogP contribution in [0.25, 0.3) is 11.0 Å². The lowest BCUT2D eigenvalue weighted by molar-refractivity contribution is -0.115. The first kappa shape index (κ1) is 11.2. The molecule has 1 amide bonds. The largest absolute Gasteiger partial charge is 0.372 e. The van der Waals surface area contributed by atoms with Crippen molar-refractivity contribution in [3.05, 3.63) is 24.0 Å². The van der Waals surface area contributed by atoms with E-state index in [0.717, 1.165) is 35.7 Å². The molecule has 1 aliphatic heterocycles. The van der Waals surface area contributed by atoms with Gasteiger partial charge in [0, 0.05) is 18.7 Å². The van der Waals surface area contributed by atoms with Crippen molar-refractivity contribution in [3.63, 3.8) is 0 Å². The fourth-order valence-electron chi connectivity index (χ4n) is 2.19. The Labute approximate surface area is 105 Å². The molecule has 1 aromatic heterocycles. The molecule has 2 heterocycles. The van der Waals surface area contributed by atoms with Crippen LogP contribution >= 0.6 is 0 Å². The normalized spacial score (nSPS) is 14.5. The maximum Gasteiger partial charge on any atom is 0.224 e. The molecule has 0 bridgehead atoms. The summed E-state index contributed by atoms with van der Waals surface area (Å²) in [5, 5.41) is 2.84. The molecular weight excluding hydrogens is 230 g/mol. The molecule has 5 nitrogen and oxygen atoms in total. The van der Waals surface area contributed by atoms with E-state index in [1.165, 1.54) is 0 Å². The molecular formula is C13H15N3O2. The van der Waals surface area contributed by atoms with E-state index >= 15 is 0 Å². The molecule has 3 rings (SSSR count). The van der Waals surface area contributed by atoms with Crippen LogP contribution in [0.2, 0.25) is 0 Å². The number of fused-ring (bicyclic) bond motifs is 3. The van der Waals surface area contributed by atoms with Crippen molar-refractivity contribution in [2.24, 2.45) is 0 Å². The van der Waals surface area contributed by atoms with Crippen LogP contribution in [0.15, 0.2) is 18.2 Å². The predicted molar refractivity (Wildman–Crippen MR) is 68.3 cm³/mol. The van der Waals surface area contributed by atoms with E-state index in [2.05, 4.69) is 14.9 Å². The average molecular weight is 245 g/mol. The van der Waals surface area contributed by atoms with Crippen LogP contribution in [0.4, 0.5) is 5.69 Å².